The highest BCUT2D eigenvalue weighted by molar-refractivity contribution is 5.93. The van der Waals surface area contributed by atoms with E-state index < -0.39 is 17.4 Å². The van der Waals surface area contributed by atoms with Crippen molar-refractivity contribution in [3.63, 3.8) is 0 Å². The summed E-state index contributed by atoms with van der Waals surface area (Å²) in [7, 11) is 0. The number of carboxylic acids is 1. The lowest BCUT2D eigenvalue weighted by Gasteiger charge is -2.51. The Bertz CT molecular complexity index is 859. The maximum Gasteiger partial charge on any atom is 0.308 e. The number of rotatable bonds is 2. The second-order valence-corrected chi connectivity index (χ2v) is 6.85. The fourth-order valence-electron chi connectivity index (χ4n) is 4.64. The molecule has 0 unspecified atom stereocenters. The molecule has 2 N–H and O–H groups in total. The summed E-state index contributed by atoms with van der Waals surface area (Å²) in [6.45, 7) is 3.55. The number of piperidine rings is 1. The van der Waals surface area contributed by atoms with Gasteiger partial charge in [0.15, 0.2) is 0 Å². The van der Waals surface area contributed by atoms with Crippen LogP contribution in [0.3, 0.4) is 0 Å². The SMILES string of the molecule is C[C@@]12c3[nH]c4cccc([N+](=O)[O-])c4c3CCN1CCC[C@H]2C(=O)O. The van der Waals surface area contributed by atoms with Crippen LogP contribution in [0.15, 0.2) is 18.2 Å². The molecule has 0 bridgehead atoms. The molecule has 24 heavy (non-hydrogen) atoms. The highest BCUT2D eigenvalue weighted by atomic mass is 16.6. The largest absolute Gasteiger partial charge is 0.481 e. The van der Waals surface area contributed by atoms with E-state index in [-0.39, 0.29) is 10.6 Å². The number of carbonyl (C=O) groups is 1. The maximum atomic E-state index is 11.9. The molecule has 0 spiro atoms. The van der Waals surface area contributed by atoms with E-state index in [1.807, 2.05) is 13.0 Å². The van der Waals surface area contributed by atoms with Crippen LogP contribution in [0, 0.1) is 16.0 Å². The zero-order valence-corrected chi connectivity index (χ0v) is 13.4. The number of carboxylic acid groups (broad SMARTS) is 1. The molecule has 0 amide bonds. The zero-order valence-electron chi connectivity index (χ0n) is 13.4. The van der Waals surface area contributed by atoms with Crippen molar-refractivity contribution in [3.8, 4) is 0 Å². The monoisotopic (exact) mass is 329 g/mol. The molecule has 2 aromatic rings. The molecule has 7 nitrogen and oxygen atoms in total. The first-order chi connectivity index (χ1) is 11.4. The van der Waals surface area contributed by atoms with Crippen LogP contribution in [0.4, 0.5) is 5.69 Å². The van der Waals surface area contributed by atoms with Gasteiger partial charge in [0.25, 0.3) is 5.69 Å². The number of hydrogen-bond donors (Lipinski definition) is 2. The Morgan fingerprint density at radius 2 is 2.25 bits per heavy atom. The van der Waals surface area contributed by atoms with E-state index in [1.165, 1.54) is 6.07 Å². The second kappa shape index (κ2) is 5.04. The van der Waals surface area contributed by atoms with E-state index in [9.17, 15) is 20.0 Å². The van der Waals surface area contributed by atoms with Crippen LogP contribution in [0.2, 0.25) is 0 Å². The fourth-order valence-corrected chi connectivity index (χ4v) is 4.64. The van der Waals surface area contributed by atoms with Crippen LogP contribution in [0.5, 0.6) is 0 Å². The minimum atomic E-state index is -0.803. The molecule has 0 radical (unpaired) electrons. The maximum absolute atomic E-state index is 11.9. The summed E-state index contributed by atoms with van der Waals surface area (Å²) in [6.07, 6.45) is 2.18. The predicted molar refractivity (Wildman–Crippen MR) is 87.9 cm³/mol. The highest BCUT2D eigenvalue weighted by Gasteiger charge is 2.51. The van der Waals surface area contributed by atoms with Crippen LogP contribution >= 0.6 is 0 Å². The number of hydrogen-bond acceptors (Lipinski definition) is 4. The van der Waals surface area contributed by atoms with E-state index in [0.29, 0.717) is 23.7 Å². The van der Waals surface area contributed by atoms with Gasteiger partial charge in [0.1, 0.15) is 0 Å². The number of non-ortho nitro benzene ring substituents is 1. The van der Waals surface area contributed by atoms with Crippen LogP contribution in [-0.2, 0) is 16.8 Å². The molecular formula is C17H19N3O4. The van der Waals surface area contributed by atoms with E-state index in [1.54, 1.807) is 6.07 Å². The number of aromatic amines is 1. The van der Waals surface area contributed by atoms with Gasteiger partial charge in [-0.2, -0.15) is 0 Å². The Hall–Kier alpha value is -2.41. The van der Waals surface area contributed by atoms with Gasteiger partial charge in [0, 0.05) is 18.3 Å². The number of aliphatic carboxylic acids is 1. The third-order valence-corrected chi connectivity index (χ3v) is 5.79. The number of nitrogens with zero attached hydrogens (tertiary/aromatic N) is 2. The fraction of sp³-hybridized carbons (Fsp3) is 0.471. The Morgan fingerprint density at radius 1 is 1.46 bits per heavy atom. The Balaban J connectivity index is 2.00. The van der Waals surface area contributed by atoms with Gasteiger partial charge in [-0.15, -0.1) is 0 Å². The molecule has 0 saturated carbocycles. The van der Waals surface area contributed by atoms with Crippen molar-refractivity contribution in [2.75, 3.05) is 13.1 Å². The summed E-state index contributed by atoms with van der Waals surface area (Å²) in [5, 5.41) is 21.8. The lowest BCUT2D eigenvalue weighted by molar-refractivity contribution is -0.383. The molecular weight excluding hydrogens is 310 g/mol. The molecule has 0 aliphatic carbocycles. The van der Waals surface area contributed by atoms with E-state index in [2.05, 4.69) is 9.88 Å². The Morgan fingerprint density at radius 3 is 2.96 bits per heavy atom. The summed E-state index contributed by atoms with van der Waals surface area (Å²) >= 11 is 0. The predicted octanol–water partition coefficient (Wildman–Crippen LogP) is 2.64. The van der Waals surface area contributed by atoms with Crippen molar-refractivity contribution in [1.29, 1.82) is 0 Å². The van der Waals surface area contributed by atoms with Gasteiger partial charge in [0.2, 0.25) is 0 Å². The lowest BCUT2D eigenvalue weighted by Crippen LogP contribution is -2.58. The number of nitrogens with one attached hydrogen (secondary N) is 1. The molecule has 1 saturated heterocycles. The first kappa shape index (κ1) is 15.1. The summed E-state index contributed by atoms with van der Waals surface area (Å²) in [6, 6.07) is 5.01. The molecule has 1 fully saturated rings. The molecule has 2 aliphatic heterocycles. The zero-order chi connectivity index (χ0) is 17.1. The third-order valence-electron chi connectivity index (χ3n) is 5.79. The number of benzene rings is 1. The minimum Gasteiger partial charge on any atom is -0.481 e. The quantitative estimate of drug-likeness (QED) is 0.652. The summed E-state index contributed by atoms with van der Waals surface area (Å²) < 4.78 is 0. The second-order valence-electron chi connectivity index (χ2n) is 6.85. The van der Waals surface area contributed by atoms with Gasteiger partial charge in [0.05, 0.1) is 27.3 Å². The summed E-state index contributed by atoms with van der Waals surface area (Å²) in [5.74, 6) is -1.32. The summed E-state index contributed by atoms with van der Waals surface area (Å²) in [4.78, 5) is 28.5. The number of aromatic nitrogens is 1. The smallest absolute Gasteiger partial charge is 0.308 e. The molecule has 1 aromatic carbocycles. The topological polar surface area (TPSA) is 99.5 Å². The number of nitro benzene ring substituents is 1. The lowest BCUT2D eigenvalue weighted by atomic mass is 9.72. The van der Waals surface area contributed by atoms with Crippen molar-refractivity contribution in [3.05, 3.63) is 39.6 Å². The summed E-state index contributed by atoms with van der Waals surface area (Å²) in [5.41, 5.74) is 1.90. The first-order valence-electron chi connectivity index (χ1n) is 8.21. The Kier molecular flexibility index (Phi) is 3.18. The molecule has 2 atom stereocenters. The van der Waals surface area contributed by atoms with Gasteiger partial charge in [-0.25, -0.2) is 0 Å². The third kappa shape index (κ3) is 1.84. The number of fused-ring (bicyclic) bond motifs is 5. The average molecular weight is 329 g/mol. The van der Waals surface area contributed by atoms with Crippen molar-refractivity contribution in [2.45, 2.75) is 31.7 Å². The number of nitro groups is 1. The molecule has 4 rings (SSSR count). The number of H-pyrrole nitrogens is 1. The van der Waals surface area contributed by atoms with Crippen molar-refractivity contribution < 1.29 is 14.8 Å². The Labute approximate surface area is 138 Å². The van der Waals surface area contributed by atoms with E-state index in [4.69, 9.17) is 0 Å². The van der Waals surface area contributed by atoms with Gasteiger partial charge in [-0.3, -0.25) is 19.8 Å². The van der Waals surface area contributed by atoms with Crippen LogP contribution < -0.4 is 0 Å². The average Bonchev–Trinajstić information content (AvgIpc) is 2.93. The van der Waals surface area contributed by atoms with Crippen molar-refractivity contribution in [2.24, 2.45) is 5.92 Å². The molecule has 2 aliphatic rings. The van der Waals surface area contributed by atoms with Gasteiger partial charge in [-0.1, -0.05) is 6.07 Å². The van der Waals surface area contributed by atoms with Gasteiger partial charge in [-0.05, 0) is 44.4 Å². The normalized spacial score (nSPS) is 26.8. The first-order valence-corrected chi connectivity index (χ1v) is 8.21. The minimum absolute atomic E-state index is 0.0877. The van der Waals surface area contributed by atoms with Crippen LogP contribution in [-0.4, -0.2) is 39.0 Å². The molecule has 7 heteroatoms. The molecule has 3 heterocycles. The van der Waals surface area contributed by atoms with Crippen molar-refractivity contribution >= 4 is 22.6 Å². The highest BCUT2D eigenvalue weighted by Crippen LogP contribution is 2.48. The van der Waals surface area contributed by atoms with Crippen LogP contribution in [0.25, 0.3) is 10.9 Å². The molecule has 1 aromatic heterocycles. The van der Waals surface area contributed by atoms with E-state index >= 15 is 0 Å². The van der Waals surface area contributed by atoms with Crippen LogP contribution in [0.1, 0.15) is 31.0 Å². The van der Waals surface area contributed by atoms with E-state index in [0.717, 1.165) is 30.8 Å². The standard InChI is InChI=1S/C17H19N3O4/c1-17-11(16(21)22)4-3-8-19(17)9-7-10-14-12(18-15(10)17)5-2-6-13(14)20(23)24/h2,5-6,11,18H,3-4,7-9H2,1H3,(H,21,22)/t11-,17+/m0/s1. The van der Waals surface area contributed by atoms with Crippen molar-refractivity contribution in [1.82, 2.24) is 9.88 Å². The molecule has 126 valence electrons. The van der Waals surface area contributed by atoms with Gasteiger partial charge < -0.3 is 10.1 Å². The van der Waals surface area contributed by atoms with Gasteiger partial charge >= 0.3 is 5.97 Å².